The molecule has 1 saturated heterocycles. The van der Waals surface area contributed by atoms with Gasteiger partial charge in [0.15, 0.2) is 0 Å². The van der Waals surface area contributed by atoms with Gasteiger partial charge in [-0.1, -0.05) is 11.6 Å². The number of amides is 1. The third-order valence-corrected chi connectivity index (χ3v) is 5.02. The molecule has 0 radical (unpaired) electrons. The predicted molar refractivity (Wildman–Crippen MR) is 75.5 cm³/mol. The summed E-state index contributed by atoms with van der Waals surface area (Å²) in [6.07, 6.45) is 1.08. The summed E-state index contributed by atoms with van der Waals surface area (Å²) in [6.45, 7) is 2.35. The number of aliphatic hydroxyl groups excluding tert-OH is 1. The summed E-state index contributed by atoms with van der Waals surface area (Å²) >= 11 is 6.16. The number of hydrogen-bond acceptors (Lipinski definition) is 3. The Balaban J connectivity index is 1.98. The first kappa shape index (κ1) is 13.4. The highest BCUT2D eigenvalue weighted by molar-refractivity contribution is 6.33. The molecule has 0 aromatic heterocycles. The number of carbonyl (C=O) groups is 1. The smallest absolute Gasteiger partial charge is 0.230 e. The van der Waals surface area contributed by atoms with Crippen molar-refractivity contribution in [2.24, 2.45) is 11.8 Å². The number of rotatable bonds is 1. The van der Waals surface area contributed by atoms with Crippen LogP contribution in [0.4, 0.5) is 5.69 Å². The zero-order chi connectivity index (χ0) is 14.4. The molecule has 104 valence electrons. The number of nitriles is 1. The maximum absolute atomic E-state index is 12.5. The third kappa shape index (κ3) is 1.81. The second-order valence-corrected chi connectivity index (χ2v) is 5.92. The quantitative estimate of drug-likeness (QED) is 0.863. The molecule has 3 atom stereocenters. The fourth-order valence-corrected chi connectivity index (χ4v) is 3.58. The Morgan fingerprint density at radius 2 is 2.20 bits per heavy atom. The second-order valence-electron chi connectivity index (χ2n) is 5.55. The fourth-order valence-electron chi connectivity index (χ4n) is 3.37. The molecule has 3 rings (SSSR count). The molecule has 0 bridgehead atoms. The topological polar surface area (TPSA) is 64.3 Å². The van der Waals surface area contributed by atoms with Crippen LogP contribution in [0.5, 0.6) is 0 Å². The molecule has 2 aliphatic rings. The lowest BCUT2D eigenvalue weighted by molar-refractivity contribution is -0.120. The van der Waals surface area contributed by atoms with Crippen molar-refractivity contribution in [1.29, 1.82) is 5.26 Å². The van der Waals surface area contributed by atoms with Gasteiger partial charge in [-0.3, -0.25) is 4.79 Å². The average molecular weight is 291 g/mol. The molecule has 20 heavy (non-hydrogen) atoms. The van der Waals surface area contributed by atoms with Gasteiger partial charge in [0.05, 0.1) is 16.7 Å². The van der Waals surface area contributed by atoms with E-state index in [4.69, 9.17) is 16.9 Å². The van der Waals surface area contributed by atoms with E-state index < -0.39 is 0 Å². The molecule has 1 aliphatic carbocycles. The first-order valence-electron chi connectivity index (χ1n) is 6.73. The minimum absolute atomic E-state index is 0.0244. The molecule has 1 aromatic carbocycles. The van der Waals surface area contributed by atoms with Crippen molar-refractivity contribution < 1.29 is 9.90 Å². The largest absolute Gasteiger partial charge is 0.393 e. The number of anilines is 1. The van der Waals surface area contributed by atoms with Crippen molar-refractivity contribution in [2.75, 3.05) is 11.4 Å². The molecule has 1 heterocycles. The summed E-state index contributed by atoms with van der Waals surface area (Å²) in [5.74, 6) is 0.0190. The highest BCUT2D eigenvalue weighted by Crippen LogP contribution is 2.42. The summed E-state index contributed by atoms with van der Waals surface area (Å²) in [4.78, 5) is 14.2. The van der Waals surface area contributed by atoms with Gasteiger partial charge in [-0.2, -0.15) is 5.26 Å². The first-order chi connectivity index (χ1) is 9.54. The molecule has 1 saturated carbocycles. The van der Waals surface area contributed by atoms with Gasteiger partial charge in [0.1, 0.15) is 6.07 Å². The van der Waals surface area contributed by atoms with Crippen molar-refractivity contribution in [3.63, 3.8) is 0 Å². The summed E-state index contributed by atoms with van der Waals surface area (Å²) < 4.78 is 0. The van der Waals surface area contributed by atoms with E-state index >= 15 is 0 Å². The van der Waals surface area contributed by atoms with E-state index in [2.05, 4.69) is 0 Å². The molecular weight excluding hydrogens is 276 g/mol. The molecular formula is C15H15ClN2O2. The van der Waals surface area contributed by atoms with Crippen LogP contribution in [0.3, 0.4) is 0 Å². The van der Waals surface area contributed by atoms with Crippen LogP contribution in [0.2, 0.25) is 5.02 Å². The lowest BCUT2D eigenvalue weighted by Gasteiger charge is -2.21. The predicted octanol–water partition coefficient (Wildman–Crippen LogP) is 2.25. The number of carbonyl (C=O) groups excluding carboxylic acids is 1. The summed E-state index contributed by atoms with van der Waals surface area (Å²) in [7, 11) is 0. The molecule has 0 spiro atoms. The van der Waals surface area contributed by atoms with Crippen molar-refractivity contribution in [3.05, 3.63) is 28.3 Å². The van der Waals surface area contributed by atoms with Crippen molar-refractivity contribution >= 4 is 23.2 Å². The lowest BCUT2D eigenvalue weighted by atomic mass is 9.99. The lowest BCUT2D eigenvalue weighted by Crippen LogP contribution is -2.28. The van der Waals surface area contributed by atoms with Crippen LogP contribution in [0.25, 0.3) is 0 Å². The van der Waals surface area contributed by atoms with E-state index in [-0.39, 0.29) is 23.8 Å². The number of fused-ring (bicyclic) bond motifs is 1. The van der Waals surface area contributed by atoms with Gasteiger partial charge in [0, 0.05) is 24.1 Å². The van der Waals surface area contributed by atoms with E-state index in [0.717, 1.165) is 17.7 Å². The fraction of sp³-hybridized carbons (Fsp3) is 0.467. The maximum atomic E-state index is 12.5. The molecule has 1 amide bonds. The van der Waals surface area contributed by atoms with Crippen molar-refractivity contribution in [1.82, 2.24) is 0 Å². The Kier molecular flexibility index (Phi) is 3.19. The summed E-state index contributed by atoms with van der Waals surface area (Å²) in [5.41, 5.74) is 1.91. The molecule has 2 fully saturated rings. The molecule has 1 aliphatic heterocycles. The van der Waals surface area contributed by atoms with E-state index in [1.165, 1.54) is 0 Å². The van der Waals surface area contributed by atoms with Gasteiger partial charge in [-0.25, -0.2) is 0 Å². The Morgan fingerprint density at radius 3 is 2.85 bits per heavy atom. The van der Waals surface area contributed by atoms with E-state index in [1.54, 1.807) is 17.0 Å². The highest BCUT2D eigenvalue weighted by Gasteiger charge is 2.48. The second kappa shape index (κ2) is 4.76. The molecule has 5 heteroatoms. The number of halogens is 1. The monoisotopic (exact) mass is 290 g/mol. The maximum Gasteiger partial charge on any atom is 0.230 e. The number of benzene rings is 1. The Bertz CT molecular complexity index is 623. The SMILES string of the molecule is Cc1c(N2CC3C(CC[C@@H]3O)C2=O)ccc(C#N)c1Cl. The number of hydrogen-bond donors (Lipinski definition) is 1. The third-order valence-electron chi connectivity index (χ3n) is 4.53. The van der Waals surface area contributed by atoms with Crippen molar-refractivity contribution in [2.45, 2.75) is 25.9 Å². The van der Waals surface area contributed by atoms with Crippen molar-refractivity contribution in [3.8, 4) is 6.07 Å². The average Bonchev–Trinajstić information content (AvgIpc) is 2.95. The van der Waals surface area contributed by atoms with Gasteiger partial charge < -0.3 is 10.0 Å². The first-order valence-corrected chi connectivity index (χ1v) is 7.11. The molecule has 2 unspecified atom stereocenters. The van der Waals surface area contributed by atoms with Crippen LogP contribution in [0.1, 0.15) is 24.0 Å². The normalized spacial score (nSPS) is 28.6. The van der Waals surface area contributed by atoms with E-state index in [1.807, 2.05) is 13.0 Å². The minimum Gasteiger partial charge on any atom is -0.393 e. The zero-order valence-electron chi connectivity index (χ0n) is 11.1. The van der Waals surface area contributed by atoms with Crippen LogP contribution in [0, 0.1) is 30.1 Å². The van der Waals surface area contributed by atoms with Crippen LogP contribution in [-0.2, 0) is 4.79 Å². The summed E-state index contributed by atoms with van der Waals surface area (Å²) in [5, 5.41) is 19.3. The van der Waals surface area contributed by atoms with Gasteiger partial charge in [-0.15, -0.1) is 0 Å². The van der Waals surface area contributed by atoms with E-state index in [0.29, 0.717) is 23.6 Å². The Morgan fingerprint density at radius 1 is 1.45 bits per heavy atom. The molecule has 4 nitrogen and oxygen atoms in total. The van der Waals surface area contributed by atoms with Crippen LogP contribution >= 0.6 is 11.6 Å². The minimum atomic E-state index is -0.386. The van der Waals surface area contributed by atoms with Gasteiger partial charge in [0.2, 0.25) is 5.91 Å². The van der Waals surface area contributed by atoms with Crippen LogP contribution < -0.4 is 4.90 Å². The number of aliphatic hydroxyl groups is 1. The highest BCUT2D eigenvalue weighted by atomic mass is 35.5. The van der Waals surface area contributed by atoms with Crippen LogP contribution in [0.15, 0.2) is 12.1 Å². The Hall–Kier alpha value is -1.57. The van der Waals surface area contributed by atoms with E-state index in [9.17, 15) is 9.90 Å². The van der Waals surface area contributed by atoms with Gasteiger partial charge >= 0.3 is 0 Å². The van der Waals surface area contributed by atoms with Gasteiger partial charge in [-0.05, 0) is 37.5 Å². The standard InChI is InChI=1S/C15H15ClN2O2/c1-8-12(4-2-9(6-17)14(8)16)18-7-11-10(15(18)20)3-5-13(11)19/h2,4,10-11,13,19H,3,5,7H2,1H3/t10?,11?,13-/m0/s1. The zero-order valence-corrected chi connectivity index (χ0v) is 11.9. The summed E-state index contributed by atoms with van der Waals surface area (Å²) in [6, 6.07) is 5.45. The van der Waals surface area contributed by atoms with Crippen LogP contribution in [-0.4, -0.2) is 23.7 Å². The molecule has 1 N–H and O–H groups in total. The number of nitrogens with zero attached hydrogens (tertiary/aromatic N) is 2. The van der Waals surface area contributed by atoms with Gasteiger partial charge in [0.25, 0.3) is 0 Å². The molecule has 1 aromatic rings. The Labute approximate surface area is 122 Å².